The van der Waals surface area contributed by atoms with E-state index >= 15 is 0 Å². The van der Waals surface area contributed by atoms with Crippen LogP contribution in [0, 0.1) is 0 Å². The number of thioether (sulfide) groups is 1. The normalized spacial score (nSPS) is 16.8. The Bertz CT molecular complexity index is 1140. The summed E-state index contributed by atoms with van der Waals surface area (Å²) in [7, 11) is 0. The average Bonchev–Trinajstić information content (AvgIpc) is 3.25. The van der Waals surface area contributed by atoms with Gasteiger partial charge < -0.3 is 0 Å². The van der Waals surface area contributed by atoms with Crippen molar-refractivity contribution in [3.05, 3.63) is 72.3 Å². The summed E-state index contributed by atoms with van der Waals surface area (Å²) < 4.78 is 2.00. The molecule has 0 saturated heterocycles. The minimum atomic E-state index is -0.402. The molecule has 126 valence electrons. The highest BCUT2D eigenvalue weighted by Gasteiger charge is 2.33. The van der Waals surface area contributed by atoms with Gasteiger partial charge in [0.1, 0.15) is 5.25 Å². The van der Waals surface area contributed by atoms with Crippen LogP contribution in [0.25, 0.3) is 21.0 Å². The first-order valence-electron chi connectivity index (χ1n) is 8.17. The van der Waals surface area contributed by atoms with E-state index in [-0.39, 0.29) is 5.91 Å². The van der Waals surface area contributed by atoms with Gasteiger partial charge in [-0.25, -0.2) is 10.4 Å². The molecule has 1 atom stereocenters. The van der Waals surface area contributed by atoms with Crippen molar-refractivity contribution in [2.45, 2.75) is 9.59 Å². The van der Waals surface area contributed by atoms with Gasteiger partial charge in [-0.15, -0.1) is 11.3 Å². The Morgan fingerprint density at radius 2 is 1.77 bits per heavy atom. The summed E-state index contributed by atoms with van der Waals surface area (Å²) in [6.45, 7) is 0. The van der Waals surface area contributed by atoms with Gasteiger partial charge in [-0.2, -0.15) is 5.10 Å². The number of carbonyl (C=O) groups excluding carboxylic acids is 1. The fraction of sp³-hybridized carbons (Fsp3) is 0.0500. The van der Waals surface area contributed by atoms with E-state index in [4.69, 9.17) is 0 Å². The zero-order valence-electron chi connectivity index (χ0n) is 13.5. The lowest BCUT2D eigenvalue weighted by molar-refractivity contribution is -0.118. The number of carbonyl (C=O) groups is 1. The van der Waals surface area contributed by atoms with Gasteiger partial charge in [0.15, 0.2) is 4.34 Å². The lowest BCUT2D eigenvalue weighted by Gasteiger charge is -2.11. The van der Waals surface area contributed by atoms with Crippen molar-refractivity contribution in [2.75, 3.05) is 0 Å². The molecule has 0 fully saturated rings. The molecule has 1 aromatic heterocycles. The van der Waals surface area contributed by atoms with Crippen LogP contribution in [0.3, 0.4) is 0 Å². The second-order valence-electron chi connectivity index (χ2n) is 5.95. The highest BCUT2D eigenvalue weighted by Crippen LogP contribution is 2.35. The predicted octanol–water partition coefficient (Wildman–Crippen LogP) is 4.44. The van der Waals surface area contributed by atoms with Crippen molar-refractivity contribution in [1.82, 2.24) is 10.4 Å². The number of fused-ring (bicyclic) bond motifs is 2. The van der Waals surface area contributed by atoms with E-state index in [9.17, 15) is 4.79 Å². The number of hydrogen-bond donors (Lipinski definition) is 1. The maximum absolute atomic E-state index is 12.4. The van der Waals surface area contributed by atoms with Crippen LogP contribution < -0.4 is 5.43 Å². The SMILES string of the molecule is O=C1NN=C(c2cccc3ccccc23)C1Sc1nc2ccccc2s1. The maximum atomic E-state index is 12.4. The smallest absolute Gasteiger partial charge is 0.259 e. The summed E-state index contributed by atoms with van der Waals surface area (Å²) in [6.07, 6.45) is 0. The van der Waals surface area contributed by atoms with Crippen LogP contribution in [-0.2, 0) is 4.79 Å². The molecular weight excluding hydrogens is 362 g/mol. The van der Waals surface area contributed by atoms with E-state index in [1.165, 1.54) is 11.8 Å². The van der Waals surface area contributed by atoms with Gasteiger partial charge >= 0.3 is 0 Å². The van der Waals surface area contributed by atoms with Crippen molar-refractivity contribution < 1.29 is 4.79 Å². The molecule has 0 spiro atoms. The molecule has 1 N–H and O–H groups in total. The monoisotopic (exact) mass is 375 g/mol. The first kappa shape index (κ1) is 15.5. The van der Waals surface area contributed by atoms with Gasteiger partial charge in [0, 0.05) is 5.56 Å². The molecule has 1 aliphatic heterocycles. The molecule has 1 unspecified atom stereocenters. The lowest BCUT2D eigenvalue weighted by Crippen LogP contribution is -2.26. The first-order valence-corrected chi connectivity index (χ1v) is 9.87. The molecular formula is C20H13N3OS2. The van der Waals surface area contributed by atoms with E-state index in [2.05, 4.69) is 33.7 Å². The summed E-state index contributed by atoms with van der Waals surface area (Å²) in [5.74, 6) is -0.0998. The minimum Gasteiger partial charge on any atom is -0.271 e. The molecule has 2 heterocycles. The fourth-order valence-electron chi connectivity index (χ4n) is 3.12. The predicted molar refractivity (Wildman–Crippen MR) is 108 cm³/mol. The van der Waals surface area contributed by atoms with Gasteiger partial charge in [-0.05, 0) is 22.9 Å². The van der Waals surface area contributed by atoms with Gasteiger partial charge in [-0.3, -0.25) is 4.79 Å². The summed E-state index contributed by atoms with van der Waals surface area (Å²) >= 11 is 3.06. The molecule has 0 aliphatic carbocycles. The summed E-state index contributed by atoms with van der Waals surface area (Å²) in [4.78, 5) is 17.1. The quantitative estimate of drug-likeness (QED) is 0.576. The van der Waals surface area contributed by atoms with Gasteiger partial charge in [0.2, 0.25) is 0 Å². The Balaban J connectivity index is 1.55. The average molecular weight is 375 g/mol. The topological polar surface area (TPSA) is 54.4 Å². The van der Waals surface area contributed by atoms with E-state index in [1.807, 2.05) is 48.5 Å². The van der Waals surface area contributed by atoms with Crippen molar-refractivity contribution in [3.63, 3.8) is 0 Å². The number of thiazole rings is 1. The van der Waals surface area contributed by atoms with Crippen molar-refractivity contribution in [3.8, 4) is 0 Å². The second kappa shape index (κ2) is 6.23. The van der Waals surface area contributed by atoms with Crippen molar-refractivity contribution >= 4 is 55.7 Å². The van der Waals surface area contributed by atoms with Crippen LogP contribution in [0.1, 0.15) is 5.56 Å². The Labute approximate surface area is 158 Å². The number of rotatable bonds is 3. The van der Waals surface area contributed by atoms with E-state index in [0.29, 0.717) is 0 Å². The van der Waals surface area contributed by atoms with Crippen molar-refractivity contribution in [2.24, 2.45) is 5.10 Å². The number of nitrogens with one attached hydrogen (secondary N) is 1. The number of nitrogens with zero attached hydrogens (tertiary/aromatic N) is 2. The van der Waals surface area contributed by atoms with Gasteiger partial charge in [0.05, 0.1) is 15.9 Å². The molecule has 4 aromatic rings. The standard InChI is InChI=1S/C20H13N3OS2/c24-19-18(26-20-21-15-10-3-4-11-16(15)25-20)17(22-23-19)14-9-5-7-12-6-1-2-8-13(12)14/h1-11,18H,(H,23,24). The minimum absolute atomic E-state index is 0.0998. The third-order valence-electron chi connectivity index (χ3n) is 4.33. The van der Waals surface area contributed by atoms with E-state index in [1.54, 1.807) is 11.3 Å². The van der Waals surface area contributed by atoms with Gasteiger partial charge in [0.25, 0.3) is 5.91 Å². The molecule has 5 rings (SSSR count). The Kier molecular flexibility index (Phi) is 3.72. The summed E-state index contributed by atoms with van der Waals surface area (Å²) in [6, 6.07) is 22.3. The van der Waals surface area contributed by atoms with E-state index < -0.39 is 5.25 Å². The zero-order chi connectivity index (χ0) is 17.5. The Hall–Kier alpha value is -2.70. The fourth-order valence-corrected chi connectivity index (χ4v) is 5.37. The van der Waals surface area contributed by atoms with Crippen LogP contribution in [0.15, 0.2) is 76.2 Å². The molecule has 0 bridgehead atoms. The molecule has 26 heavy (non-hydrogen) atoms. The largest absolute Gasteiger partial charge is 0.271 e. The summed E-state index contributed by atoms with van der Waals surface area (Å²) in [5.41, 5.74) is 5.35. The zero-order valence-corrected chi connectivity index (χ0v) is 15.2. The highest BCUT2D eigenvalue weighted by molar-refractivity contribution is 8.03. The lowest BCUT2D eigenvalue weighted by atomic mass is 9.99. The van der Waals surface area contributed by atoms with Crippen LogP contribution in [-0.4, -0.2) is 21.9 Å². The van der Waals surface area contributed by atoms with Crippen LogP contribution in [0.5, 0.6) is 0 Å². The third kappa shape index (κ3) is 2.58. The molecule has 3 aromatic carbocycles. The number of aromatic nitrogens is 1. The maximum Gasteiger partial charge on any atom is 0.259 e. The highest BCUT2D eigenvalue weighted by atomic mass is 32.2. The molecule has 6 heteroatoms. The molecule has 4 nitrogen and oxygen atoms in total. The molecule has 1 amide bonds. The number of benzene rings is 3. The Morgan fingerprint density at radius 1 is 0.962 bits per heavy atom. The molecule has 0 saturated carbocycles. The molecule has 0 radical (unpaired) electrons. The van der Waals surface area contributed by atoms with Crippen molar-refractivity contribution in [1.29, 1.82) is 0 Å². The van der Waals surface area contributed by atoms with Crippen LogP contribution >= 0.6 is 23.1 Å². The van der Waals surface area contributed by atoms with Gasteiger partial charge in [-0.1, -0.05) is 66.4 Å². The third-order valence-corrected chi connectivity index (χ3v) is 6.67. The van der Waals surface area contributed by atoms with E-state index in [0.717, 1.165) is 36.6 Å². The number of hydrazone groups is 1. The second-order valence-corrected chi connectivity index (χ2v) is 8.33. The van der Waals surface area contributed by atoms with Crippen LogP contribution in [0.2, 0.25) is 0 Å². The van der Waals surface area contributed by atoms with Crippen LogP contribution in [0.4, 0.5) is 0 Å². The number of hydrogen-bond acceptors (Lipinski definition) is 5. The molecule has 1 aliphatic rings. The summed E-state index contributed by atoms with van der Waals surface area (Å²) in [5, 5.41) is 6.17. The Morgan fingerprint density at radius 3 is 2.69 bits per heavy atom. The number of para-hydroxylation sites is 1. The number of amides is 1. The first-order chi connectivity index (χ1) is 12.8.